The van der Waals surface area contributed by atoms with Crippen LogP contribution in [0.1, 0.15) is 11.5 Å². The average Bonchev–Trinajstić information content (AvgIpc) is 2.61. The first kappa shape index (κ1) is 22.5. The van der Waals surface area contributed by atoms with Crippen molar-refractivity contribution >= 4 is 5.69 Å². The molecule has 0 amide bonds. The van der Waals surface area contributed by atoms with Crippen molar-refractivity contribution in [2.75, 3.05) is 19.0 Å². The van der Waals surface area contributed by atoms with Gasteiger partial charge in [-0.3, -0.25) is 0 Å². The van der Waals surface area contributed by atoms with Gasteiger partial charge in [0.25, 0.3) is 5.82 Å². The standard InChI is InChI=1S/C20H21N3O.ClHO4/c1-14-19(16-8-6-5-7-9-16)20(24)21-15(2)23(14)18-12-10-17(11-13-18)22(3)4;2-1(3,4)5/h5-13H,1-4H3;(H,2,3,4,5). The summed E-state index contributed by atoms with van der Waals surface area (Å²) in [6, 6.07) is 18.1. The SMILES string of the molecule is Cc1[nH]c(=O)c(-c2ccccc2)c(C)[n+]1-c1ccc(N(C)C)cc1.[O-][Cl+3]([O-])([O-])[O-]. The Bertz CT molecular complexity index is 1010. The Hall–Kier alpha value is -2.75. The summed E-state index contributed by atoms with van der Waals surface area (Å²) in [4.78, 5) is 17.6. The summed E-state index contributed by atoms with van der Waals surface area (Å²) in [6.45, 7) is 3.91. The van der Waals surface area contributed by atoms with Gasteiger partial charge in [0, 0.05) is 26.7 Å². The van der Waals surface area contributed by atoms with Crippen LogP contribution in [-0.4, -0.2) is 19.1 Å². The van der Waals surface area contributed by atoms with E-state index in [1.54, 1.807) is 0 Å². The van der Waals surface area contributed by atoms with Crippen LogP contribution in [0.4, 0.5) is 5.69 Å². The molecular formula is C20H22ClN3O5. The molecule has 3 aromatic rings. The molecule has 0 fully saturated rings. The smallest absolute Gasteiger partial charge is 0.343 e. The minimum absolute atomic E-state index is 0.0580. The molecule has 0 saturated carbocycles. The highest BCUT2D eigenvalue weighted by Crippen LogP contribution is 2.19. The molecule has 0 aliphatic carbocycles. The summed E-state index contributed by atoms with van der Waals surface area (Å²) in [5.41, 5.74) is 4.68. The Morgan fingerprint density at radius 1 is 0.897 bits per heavy atom. The van der Waals surface area contributed by atoms with Crippen molar-refractivity contribution in [3.8, 4) is 16.8 Å². The lowest BCUT2D eigenvalue weighted by Crippen LogP contribution is -2.68. The third-order valence-electron chi connectivity index (χ3n) is 4.24. The molecule has 0 saturated heterocycles. The molecule has 1 heterocycles. The number of anilines is 1. The van der Waals surface area contributed by atoms with Crippen LogP contribution in [0.15, 0.2) is 59.4 Å². The quantitative estimate of drug-likeness (QED) is 0.500. The first-order chi connectivity index (χ1) is 13.5. The Morgan fingerprint density at radius 3 is 1.90 bits per heavy atom. The van der Waals surface area contributed by atoms with Crippen LogP contribution in [-0.2, 0) is 0 Å². The maximum Gasteiger partial charge on any atom is 0.343 e. The summed E-state index contributed by atoms with van der Waals surface area (Å²) < 4.78 is 36.1. The fraction of sp³-hybridized carbons (Fsp3) is 0.200. The molecule has 1 N–H and O–H groups in total. The van der Waals surface area contributed by atoms with Crippen LogP contribution in [0.2, 0.25) is 0 Å². The summed E-state index contributed by atoms with van der Waals surface area (Å²) in [6.07, 6.45) is 0. The number of H-pyrrole nitrogens is 1. The highest BCUT2D eigenvalue weighted by Gasteiger charge is 2.20. The molecule has 8 nitrogen and oxygen atoms in total. The van der Waals surface area contributed by atoms with Gasteiger partial charge in [-0.25, -0.2) is 33.0 Å². The summed E-state index contributed by atoms with van der Waals surface area (Å²) in [5, 5.41) is 0. The van der Waals surface area contributed by atoms with E-state index in [1.807, 2.05) is 58.3 Å². The van der Waals surface area contributed by atoms with Gasteiger partial charge < -0.3 is 4.90 Å². The monoisotopic (exact) mass is 419 g/mol. The van der Waals surface area contributed by atoms with Gasteiger partial charge in [0.2, 0.25) is 0 Å². The second kappa shape index (κ2) is 9.17. The van der Waals surface area contributed by atoms with Crippen molar-refractivity contribution in [2.45, 2.75) is 13.8 Å². The number of halogens is 1. The molecule has 9 heteroatoms. The molecule has 0 atom stereocenters. The molecule has 2 aromatic carbocycles. The van der Waals surface area contributed by atoms with Crippen molar-refractivity contribution < 1.29 is 33.4 Å². The second-order valence-corrected chi connectivity index (χ2v) is 7.25. The van der Waals surface area contributed by atoms with Crippen LogP contribution in [0, 0.1) is 24.1 Å². The maximum atomic E-state index is 12.5. The average molecular weight is 420 g/mol. The van der Waals surface area contributed by atoms with Crippen molar-refractivity contribution in [2.24, 2.45) is 0 Å². The number of hydrogen-bond acceptors (Lipinski definition) is 6. The third-order valence-corrected chi connectivity index (χ3v) is 4.24. The lowest BCUT2D eigenvalue weighted by Gasteiger charge is -2.17. The van der Waals surface area contributed by atoms with E-state index in [1.165, 1.54) is 0 Å². The van der Waals surface area contributed by atoms with E-state index >= 15 is 0 Å². The highest BCUT2D eigenvalue weighted by atomic mass is 35.7. The van der Waals surface area contributed by atoms with Crippen molar-refractivity contribution in [1.82, 2.24) is 4.98 Å². The van der Waals surface area contributed by atoms with Gasteiger partial charge in [0.15, 0.2) is 0 Å². The number of hydrogen-bond donors (Lipinski definition) is 1. The lowest BCUT2D eigenvalue weighted by molar-refractivity contribution is -2.00. The zero-order chi connectivity index (χ0) is 21.8. The number of nitrogens with one attached hydrogen (secondary N) is 1. The van der Waals surface area contributed by atoms with Gasteiger partial charge in [0.05, 0.1) is 0 Å². The Balaban J connectivity index is 0.000000537. The first-order valence-corrected chi connectivity index (χ1v) is 9.83. The summed E-state index contributed by atoms with van der Waals surface area (Å²) in [5.74, 6) is 0.815. The van der Waals surface area contributed by atoms with Crippen LogP contribution >= 0.6 is 0 Å². The second-order valence-electron chi connectivity index (χ2n) is 6.49. The number of aromatic nitrogens is 2. The number of nitrogens with zero attached hydrogens (tertiary/aromatic N) is 2. The van der Waals surface area contributed by atoms with E-state index < -0.39 is 10.2 Å². The molecule has 0 spiro atoms. The maximum absolute atomic E-state index is 12.5. The normalized spacial score (nSPS) is 10.9. The van der Waals surface area contributed by atoms with Gasteiger partial charge in [-0.1, -0.05) is 30.3 Å². The summed E-state index contributed by atoms with van der Waals surface area (Å²) >= 11 is 0. The van der Waals surface area contributed by atoms with Crippen molar-refractivity contribution in [3.05, 3.63) is 76.5 Å². The van der Waals surface area contributed by atoms with Crippen molar-refractivity contribution in [1.29, 1.82) is 0 Å². The van der Waals surface area contributed by atoms with Gasteiger partial charge in [-0.05, 0) is 36.8 Å². The molecule has 0 unspecified atom stereocenters. The molecule has 1 aromatic heterocycles. The van der Waals surface area contributed by atoms with E-state index in [0.29, 0.717) is 5.56 Å². The molecule has 0 aliphatic rings. The minimum Gasteiger partial charge on any atom is -0.378 e. The number of benzene rings is 2. The van der Waals surface area contributed by atoms with Crippen molar-refractivity contribution in [3.63, 3.8) is 0 Å². The van der Waals surface area contributed by atoms with Crippen LogP contribution < -0.4 is 33.7 Å². The van der Waals surface area contributed by atoms with E-state index in [4.69, 9.17) is 18.6 Å². The minimum atomic E-state index is -4.94. The van der Waals surface area contributed by atoms with E-state index in [9.17, 15) is 4.79 Å². The lowest BCUT2D eigenvalue weighted by atomic mass is 10.1. The molecule has 3 rings (SSSR count). The zero-order valence-electron chi connectivity index (χ0n) is 16.5. The Labute approximate surface area is 170 Å². The topological polar surface area (TPSA) is 132 Å². The highest BCUT2D eigenvalue weighted by molar-refractivity contribution is 5.63. The number of aryl methyl sites for hydroxylation is 1. The zero-order valence-corrected chi connectivity index (χ0v) is 17.3. The summed E-state index contributed by atoms with van der Waals surface area (Å²) in [7, 11) is -0.904. The van der Waals surface area contributed by atoms with E-state index in [0.717, 1.165) is 28.5 Å². The van der Waals surface area contributed by atoms with E-state index in [2.05, 4.69) is 38.7 Å². The van der Waals surface area contributed by atoms with Gasteiger partial charge in [-0.15, -0.1) is 10.2 Å². The molecule has 154 valence electrons. The van der Waals surface area contributed by atoms with E-state index in [-0.39, 0.29) is 5.56 Å². The fourth-order valence-electron chi connectivity index (χ4n) is 3.04. The predicted octanol–water partition coefficient (Wildman–Crippen LogP) is -1.75. The number of aromatic amines is 1. The predicted molar refractivity (Wildman–Crippen MR) is 97.8 cm³/mol. The number of rotatable bonds is 3. The molecule has 0 radical (unpaired) electrons. The van der Waals surface area contributed by atoms with Crippen LogP contribution in [0.5, 0.6) is 0 Å². The van der Waals surface area contributed by atoms with Crippen LogP contribution in [0.25, 0.3) is 16.8 Å². The van der Waals surface area contributed by atoms with Gasteiger partial charge in [-0.2, -0.15) is 0 Å². The van der Waals surface area contributed by atoms with Gasteiger partial charge in [0.1, 0.15) is 16.9 Å². The molecular weight excluding hydrogens is 398 g/mol. The largest absolute Gasteiger partial charge is 0.378 e. The molecule has 0 aliphatic heterocycles. The third kappa shape index (κ3) is 6.11. The first-order valence-electron chi connectivity index (χ1n) is 8.59. The Kier molecular flexibility index (Phi) is 7.12. The van der Waals surface area contributed by atoms with Gasteiger partial charge >= 0.3 is 5.56 Å². The fourth-order valence-corrected chi connectivity index (χ4v) is 3.04. The Morgan fingerprint density at radius 2 is 1.41 bits per heavy atom. The van der Waals surface area contributed by atoms with Crippen LogP contribution in [0.3, 0.4) is 0 Å². The molecule has 29 heavy (non-hydrogen) atoms. The molecule has 0 bridgehead atoms.